The molecule has 1 aromatic heterocycles. The van der Waals surface area contributed by atoms with Gasteiger partial charge in [0.05, 0.1) is 26.2 Å². The smallest absolute Gasteiger partial charge is 0.275 e. The van der Waals surface area contributed by atoms with Gasteiger partial charge in [-0.05, 0) is 24.8 Å². The summed E-state index contributed by atoms with van der Waals surface area (Å²) in [5, 5.41) is 7.19. The molecular formula is C16H27N4O4S2+. The van der Waals surface area contributed by atoms with Crippen LogP contribution in [-0.2, 0) is 19.6 Å². The van der Waals surface area contributed by atoms with Crippen LogP contribution in [0.25, 0.3) is 0 Å². The second kappa shape index (κ2) is 9.45. The van der Waals surface area contributed by atoms with Crippen molar-refractivity contribution >= 4 is 33.2 Å². The van der Waals surface area contributed by atoms with Crippen molar-refractivity contribution < 1.29 is 22.9 Å². The van der Waals surface area contributed by atoms with E-state index in [-0.39, 0.29) is 18.4 Å². The Kier molecular flexibility index (Phi) is 7.56. The highest BCUT2D eigenvalue weighted by Gasteiger charge is 2.31. The molecule has 2 amide bonds. The summed E-state index contributed by atoms with van der Waals surface area (Å²) in [6, 6.07) is 2.76. The fourth-order valence-corrected chi connectivity index (χ4v) is 5.33. The molecule has 1 saturated heterocycles. The lowest BCUT2D eigenvalue weighted by Gasteiger charge is -2.31. The Morgan fingerprint density at radius 2 is 2.04 bits per heavy atom. The van der Waals surface area contributed by atoms with E-state index in [0.717, 1.165) is 11.3 Å². The zero-order valence-corrected chi connectivity index (χ0v) is 16.8. The maximum atomic E-state index is 12.5. The zero-order valence-electron chi connectivity index (χ0n) is 15.2. The number of nitrogens with zero attached hydrogens (tertiary/aromatic N) is 1. The largest absolute Gasteiger partial charge is 0.354 e. The Labute approximate surface area is 158 Å². The van der Waals surface area contributed by atoms with Crippen molar-refractivity contribution in [1.29, 1.82) is 0 Å². The summed E-state index contributed by atoms with van der Waals surface area (Å²) in [4.78, 5) is 24.9. The number of rotatable bonds is 8. The number of sulfonamides is 1. The number of quaternary nitrogens is 1. The van der Waals surface area contributed by atoms with Gasteiger partial charge in [-0.2, -0.15) is 4.31 Å². The number of thiophene rings is 1. The van der Waals surface area contributed by atoms with Crippen LogP contribution in [0.4, 0.5) is 0 Å². The summed E-state index contributed by atoms with van der Waals surface area (Å²) >= 11 is 1.21. The average Bonchev–Trinajstić information content (AvgIpc) is 3.15. The normalized spacial score (nSPS) is 17.6. The zero-order chi connectivity index (χ0) is 19.2. The minimum atomic E-state index is -3.42. The number of hydrogen-bond donors (Lipinski definition) is 3. The molecule has 26 heavy (non-hydrogen) atoms. The molecule has 1 atom stereocenters. The fraction of sp³-hybridized carbons (Fsp3) is 0.625. The number of carbonyl (C=O) groups excluding carboxylic acids is 2. The highest BCUT2D eigenvalue weighted by Crippen LogP contribution is 2.20. The fourth-order valence-electron chi connectivity index (χ4n) is 2.74. The highest BCUT2D eigenvalue weighted by atomic mass is 32.2. The van der Waals surface area contributed by atoms with E-state index in [1.165, 1.54) is 15.6 Å². The molecule has 0 radical (unpaired) electrons. The second-order valence-electron chi connectivity index (χ2n) is 6.34. The molecule has 1 aliphatic heterocycles. The predicted octanol–water partition coefficient (Wildman–Crippen LogP) is -1.33. The number of amides is 2. The van der Waals surface area contributed by atoms with E-state index < -0.39 is 16.1 Å². The summed E-state index contributed by atoms with van der Waals surface area (Å²) in [6.45, 7) is 6.34. The molecule has 3 N–H and O–H groups in total. The maximum absolute atomic E-state index is 12.5. The van der Waals surface area contributed by atoms with Crippen molar-refractivity contribution in [2.75, 3.05) is 39.3 Å². The van der Waals surface area contributed by atoms with Crippen LogP contribution in [0.15, 0.2) is 21.7 Å². The summed E-state index contributed by atoms with van der Waals surface area (Å²) in [5.41, 5.74) is 0. The Morgan fingerprint density at radius 1 is 1.35 bits per heavy atom. The van der Waals surface area contributed by atoms with E-state index in [4.69, 9.17) is 0 Å². The molecule has 8 nitrogen and oxygen atoms in total. The van der Waals surface area contributed by atoms with Crippen LogP contribution in [0.1, 0.15) is 20.3 Å². The lowest BCUT2D eigenvalue weighted by molar-refractivity contribution is -0.895. The van der Waals surface area contributed by atoms with Crippen LogP contribution < -0.4 is 15.5 Å². The minimum absolute atomic E-state index is 0.193. The topological polar surface area (TPSA) is 100 Å². The molecule has 146 valence electrons. The molecule has 1 aromatic rings. The maximum Gasteiger partial charge on any atom is 0.275 e. The molecule has 0 aliphatic carbocycles. The van der Waals surface area contributed by atoms with Crippen molar-refractivity contribution in [3.63, 3.8) is 0 Å². The molecule has 0 spiro atoms. The summed E-state index contributed by atoms with van der Waals surface area (Å²) in [6.07, 6.45) is 0.842. The Morgan fingerprint density at radius 3 is 2.62 bits per heavy atom. The van der Waals surface area contributed by atoms with Gasteiger partial charge < -0.3 is 15.5 Å². The van der Waals surface area contributed by atoms with E-state index in [1.54, 1.807) is 24.4 Å². The van der Waals surface area contributed by atoms with E-state index in [0.29, 0.717) is 36.9 Å². The van der Waals surface area contributed by atoms with Crippen LogP contribution in [0.5, 0.6) is 0 Å². The van der Waals surface area contributed by atoms with Crippen LogP contribution in [0.2, 0.25) is 0 Å². The predicted molar refractivity (Wildman–Crippen MR) is 99.5 cm³/mol. The molecule has 0 unspecified atom stereocenters. The Hall–Kier alpha value is -1.49. The van der Waals surface area contributed by atoms with Gasteiger partial charge in [0.15, 0.2) is 6.54 Å². The number of hydrogen-bond acceptors (Lipinski definition) is 5. The van der Waals surface area contributed by atoms with Crippen molar-refractivity contribution in [2.45, 2.75) is 30.5 Å². The van der Waals surface area contributed by atoms with Crippen LogP contribution in [0.3, 0.4) is 0 Å². The van der Waals surface area contributed by atoms with Gasteiger partial charge in [-0.15, -0.1) is 11.3 Å². The molecule has 1 aliphatic rings. The van der Waals surface area contributed by atoms with Crippen molar-refractivity contribution in [1.82, 2.24) is 14.9 Å². The quantitative estimate of drug-likeness (QED) is 0.501. The molecule has 10 heteroatoms. The van der Waals surface area contributed by atoms with Gasteiger partial charge in [0.1, 0.15) is 10.3 Å². The number of carbonyl (C=O) groups is 2. The first-order valence-electron chi connectivity index (χ1n) is 8.79. The average molecular weight is 404 g/mol. The first-order valence-corrected chi connectivity index (χ1v) is 11.1. The van der Waals surface area contributed by atoms with Crippen molar-refractivity contribution in [3.8, 4) is 0 Å². The first kappa shape index (κ1) is 20.8. The van der Waals surface area contributed by atoms with Crippen molar-refractivity contribution in [2.24, 2.45) is 0 Å². The summed E-state index contributed by atoms with van der Waals surface area (Å²) in [7, 11) is -3.42. The molecular weight excluding hydrogens is 376 g/mol. The standard InChI is InChI=1S/C16H26N4O4S2/c1-3-6-17-16(22)13(2)18-14(21)12-19-7-9-20(10-8-19)26(23,24)15-5-4-11-25-15/h4-5,11,13H,3,6-10,12H2,1-2H3,(H,17,22)(H,18,21)/p+1/t13-/m1/s1. The summed E-state index contributed by atoms with van der Waals surface area (Å²) in [5.74, 6) is -0.393. The molecule has 0 aromatic carbocycles. The van der Waals surface area contributed by atoms with Crippen LogP contribution in [0, 0.1) is 0 Å². The van der Waals surface area contributed by atoms with Crippen LogP contribution in [-0.4, -0.2) is 69.8 Å². The molecule has 0 saturated carbocycles. The van der Waals surface area contributed by atoms with E-state index in [1.807, 2.05) is 6.92 Å². The van der Waals surface area contributed by atoms with Crippen molar-refractivity contribution in [3.05, 3.63) is 17.5 Å². The van der Waals surface area contributed by atoms with Gasteiger partial charge in [-0.25, -0.2) is 8.42 Å². The molecule has 2 rings (SSSR count). The van der Waals surface area contributed by atoms with E-state index in [2.05, 4.69) is 10.6 Å². The lowest BCUT2D eigenvalue weighted by Crippen LogP contribution is -3.15. The molecule has 1 fully saturated rings. The van der Waals surface area contributed by atoms with Gasteiger partial charge in [-0.3, -0.25) is 9.59 Å². The number of piperazine rings is 1. The van der Waals surface area contributed by atoms with Gasteiger partial charge in [-0.1, -0.05) is 13.0 Å². The molecule has 0 bridgehead atoms. The minimum Gasteiger partial charge on any atom is -0.354 e. The van der Waals surface area contributed by atoms with Gasteiger partial charge in [0, 0.05) is 6.54 Å². The third-order valence-electron chi connectivity index (χ3n) is 4.25. The second-order valence-corrected chi connectivity index (χ2v) is 9.46. The SMILES string of the molecule is CCCNC(=O)[C@@H](C)NC(=O)C[NH+]1CCN(S(=O)(=O)c2cccs2)CC1. The highest BCUT2D eigenvalue weighted by molar-refractivity contribution is 7.91. The lowest BCUT2D eigenvalue weighted by atomic mass is 10.3. The number of nitrogens with one attached hydrogen (secondary N) is 3. The van der Waals surface area contributed by atoms with Gasteiger partial charge in [0.2, 0.25) is 5.91 Å². The molecule has 2 heterocycles. The third-order valence-corrected chi connectivity index (χ3v) is 7.52. The third kappa shape index (κ3) is 5.50. The Balaban J connectivity index is 1.78. The van der Waals surface area contributed by atoms with Gasteiger partial charge in [0.25, 0.3) is 15.9 Å². The van der Waals surface area contributed by atoms with Crippen LogP contribution >= 0.6 is 11.3 Å². The monoisotopic (exact) mass is 403 g/mol. The Bertz CT molecular complexity index is 698. The van der Waals surface area contributed by atoms with E-state index >= 15 is 0 Å². The first-order chi connectivity index (χ1) is 12.3. The summed E-state index contributed by atoms with van der Waals surface area (Å²) < 4.78 is 26.8. The van der Waals surface area contributed by atoms with Gasteiger partial charge >= 0.3 is 0 Å². The van der Waals surface area contributed by atoms with E-state index in [9.17, 15) is 18.0 Å².